The van der Waals surface area contributed by atoms with E-state index in [2.05, 4.69) is 15.5 Å². The summed E-state index contributed by atoms with van der Waals surface area (Å²) in [4.78, 5) is 0. The molecule has 1 heterocycles. The van der Waals surface area contributed by atoms with Crippen LogP contribution >= 0.6 is 34.8 Å². The van der Waals surface area contributed by atoms with Crippen molar-refractivity contribution in [3.05, 3.63) is 33.9 Å². The molecule has 2 rings (SSSR count). The van der Waals surface area contributed by atoms with E-state index in [1.54, 1.807) is 6.92 Å². The predicted octanol–water partition coefficient (Wildman–Crippen LogP) is 4.56. The highest BCUT2D eigenvalue weighted by molar-refractivity contribution is 6.35. The van der Waals surface area contributed by atoms with Crippen LogP contribution in [0.5, 0.6) is 0 Å². The van der Waals surface area contributed by atoms with Crippen molar-refractivity contribution in [1.29, 1.82) is 0 Å². The molecule has 4 nitrogen and oxygen atoms in total. The standard InChI is InChI=1S/C10H7Cl3FN3O/c1-4(11)9-16-17-10(18-9)15-5-2-6(12)8(14)7(13)3-5/h2-4H,1H3,(H,15,17). The summed E-state index contributed by atoms with van der Waals surface area (Å²) in [6, 6.07) is 2.84. The fourth-order valence-electron chi connectivity index (χ4n) is 1.20. The number of halogens is 4. The average molecular weight is 311 g/mol. The Labute approximate surface area is 117 Å². The Morgan fingerprint density at radius 3 is 2.39 bits per heavy atom. The van der Waals surface area contributed by atoms with Crippen molar-refractivity contribution in [3.8, 4) is 0 Å². The Hall–Kier alpha value is -1.04. The van der Waals surface area contributed by atoms with Gasteiger partial charge in [0.15, 0.2) is 5.82 Å². The van der Waals surface area contributed by atoms with Crippen molar-refractivity contribution >= 4 is 46.5 Å². The van der Waals surface area contributed by atoms with Crippen molar-refractivity contribution in [3.63, 3.8) is 0 Å². The molecule has 1 aromatic carbocycles. The number of nitrogens with one attached hydrogen (secondary N) is 1. The molecule has 2 aromatic rings. The minimum Gasteiger partial charge on any atom is -0.406 e. The summed E-state index contributed by atoms with van der Waals surface area (Å²) in [7, 11) is 0. The second-order valence-electron chi connectivity index (χ2n) is 3.44. The first-order chi connectivity index (χ1) is 8.47. The monoisotopic (exact) mass is 309 g/mol. The third-order valence-electron chi connectivity index (χ3n) is 2.02. The van der Waals surface area contributed by atoms with Crippen LogP contribution in [0.15, 0.2) is 16.5 Å². The molecule has 0 radical (unpaired) electrons. The molecule has 0 spiro atoms. The van der Waals surface area contributed by atoms with Gasteiger partial charge >= 0.3 is 6.01 Å². The van der Waals surface area contributed by atoms with Crippen LogP contribution in [0.4, 0.5) is 16.1 Å². The van der Waals surface area contributed by atoms with Crippen molar-refractivity contribution in [1.82, 2.24) is 10.2 Å². The molecule has 0 aliphatic carbocycles. The van der Waals surface area contributed by atoms with Gasteiger partial charge in [0.05, 0.1) is 10.0 Å². The highest BCUT2D eigenvalue weighted by Gasteiger charge is 2.13. The predicted molar refractivity (Wildman–Crippen MR) is 68.3 cm³/mol. The second kappa shape index (κ2) is 5.30. The van der Waals surface area contributed by atoms with Crippen molar-refractivity contribution in [2.45, 2.75) is 12.3 Å². The molecule has 0 saturated heterocycles. The van der Waals surface area contributed by atoms with Crippen molar-refractivity contribution in [2.24, 2.45) is 0 Å². The molecule has 0 fully saturated rings. The van der Waals surface area contributed by atoms with E-state index >= 15 is 0 Å². The molecule has 96 valence electrons. The van der Waals surface area contributed by atoms with E-state index in [9.17, 15) is 4.39 Å². The summed E-state index contributed by atoms with van der Waals surface area (Å²) in [5.74, 6) is -0.400. The number of benzene rings is 1. The van der Waals surface area contributed by atoms with Gasteiger partial charge in [0.25, 0.3) is 0 Å². The fraction of sp³-hybridized carbons (Fsp3) is 0.200. The Morgan fingerprint density at radius 1 is 1.28 bits per heavy atom. The molecule has 8 heteroatoms. The van der Waals surface area contributed by atoms with Crippen LogP contribution in [0.3, 0.4) is 0 Å². The molecule has 1 aromatic heterocycles. The van der Waals surface area contributed by atoms with Crippen LogP contribution in [0.2, 0.25) is 10.0 Å². The quantitative estimate of drug-likeness (QED) is 0.667. The number of hydrogen-bond acceptors (Lipinski definition) is 4. The van der Waals surface area contributed by atoms with Crippen LogP contribution in [0.1, 0.15) is 18.2 Å². The van der Waals surface area contributed by atoms with Gasteiger partial charge in [0.2, 0.25) is 5.89 Å². The molecule has 0 bridgehead atoms. The van der Waals surface area contributed by atoms with Gasteiger partial charge in [-0.3, -0.25) is 0 Å². The van der Waals surface area contributed by atoms with E-state index < -0.39 is 11.2 Å². The van der Waals surface area contributed by atoms with Gasteiger partial charge in [-0.1, -0.05) is 28.3 Å². The Bertz CT molecular complexity index is 550. The van der Waals surface area contributed by atoms with Crippen LogP contribution in [-0.2, 0) is 0 Å². The summed E-state index contributed by atoms with van der Waals surface area (Å²) in [5.41, 5.74) is 0.434. The number of hydrogen-bond donors (Lipinski definition) is 1. The molecule has 1 unspecified atom stereocenters. The lowest BCUT2D eigenvalue weighted by molar-refractivity contribution is 0.510. The van der Waals surface area contributed by atoms with Crippen LogP contribution in [0.25, 0.3) is 0 Å². The molecule has 1 atom stereocenters. The largest absolute Gasteiger partial charge is 0.406 e. The summed E-state index contributed by atoms with van der Waals surface area (Å²) in [6.45, 7) is 1.70. The highest BCUT2D eigenvalue weighted by atomic mass is 35.5. The summed E-state index contributed by atoms with van der Waals surface area (Å²) >= 11 is 17.1. The number of anilines is 2. The average Bonchev–Trinajstić information content (AvgIpc) is 2.74. The van der Waals surface area contributed by atoms with Gasteiger partial charge in [-0.05, 0) is 19.1 Å². The maximum absolute atomic E-state index is 13.2. The lowest BCUT2D eigenvalue weighted by Gasteiger charge is -2.04. The zero-order valence-electron chi connectivity index (χ0n) is 9.05. The summed E-state index contributed by atoms with van der Waals surface area (Å²) < 4.78 is 18.4. The Kier molecular flexibility index (Phi) is 3.94. The fourth-order valence-corrected chi connectivity index (χ4v) is 1.77. The molecule has 0 aliphatic heterocycles. The molecule has 0 amide bonds. The first-order valence-corrected chi connectivity index (χ1v) is 6.05. The second-order valence-corrected chi connectivity index (χ2v) is 4.91. The van der Waals surface area contributed by atoms with Gasteiger partial charge in [0.1, 0.15) is 5.38 Å². The van der Waals surface area contributed by atoms with Crippen LogP contribution < -0.4 is 5.32 Å². The molecular formula is C10H7Cl3FN3O. The third kappa shape index (κ3) is 2.85. The summed E-state index contributed by atoms with van der Waals surface area (Å²) in [6.07, 6.45) is 0. The molecular weight excluding hydrogens is 303 g/mol. The molecule has 0 aliphatic rings. The third-order valence-corrected chi connectivity index (χ3v) is 2.75. The molecule has 1 N–H and O–H groups in total. The number of nitrogens with zero attached hydrogens (tertiary/aromatic N) is 2. The maximum Gasteiger partial charge on any atom is 0.320 e. The number of aromatic nitrogens is 2. The van der Waals surface area contributed by atoms with E-state index in [0.717, 1.165) is 0 Å². The van der Waals surface area contributed by atoms with E-state index in [4.69, 9.17) is 39.2 Å². The maximum atomic E-state index is 13.2. The normalized spacial score (nSPS) is 12.5. The van der Waals surface area contributed by atoms with Crippen LogP contribution in [0, 0.1) is 5.82 Å². The minimum atomic E-state index is -0.676. The SMILES string of the molecule is CC(Cl)c1nnc(Nc2cc(Cl)c(F)c(Cl)c2)o1. The van der Waals surface area contributed by atoms with E-state index in [1.165, 1.54) is 12.1 Å². The number of rotatable bonds is 3. The molecule has 18 heavy (non-hydrogen) atoms. The van der Waals surface area contributed by atoms with Gasteiger partial charge in [-0.15, -0.1) is 16.7 Å². The highest BCUT2D eigenvalue weighted by Crippen LogP contribution is 2.29. The van der Waals surface area contributed by atoms with Crippen LogP contribution in [-0.4, -0.2) is 10.2 Å². The number of alkyl halides is 1. The van der Waals surface area contributed by atoms with E-state index in [-0.39, 0.29) is 22.0 Å². The zero-order valence-corrected chi connectivity index (χ0v) is 11.3. The first-order valence-electron chi connectivity index (χ1n) is 4.86. The Balaban J connectivity index is 2.23. The van der Waals surface area contributed by atoms with E-state index in [1.807, 2.05) is 0 Å². The lowest BCUT2D eigenvalue weighted by Crippen LogP contribution is -1.92. The molecule has 0 saturated carbocycles. The first kappa shape index (κ1) is 13.4. The van der Waals surface area contributed by atoms with Gasteiger partial charge < -0.3 is 9.73 Å². The lowest BCUT2D eigenvalue weighted by atomic mass is 10.3. The zero-order chi connectivity index (χ0) is 13.3. The smallest absolute Gasteiger partial charge is 0.320 e. The van der Waals surface area contributed by atoms with Crippen molar-refractivity contribution < 1.29 is 8.81 Å². The minimum absolute atomic E-state index is 0.101. The Morgan fingerprint density at radius 2 is 1.89 bits per heavy atom. The topological polar surface area (TPSA) is 51.0 Å². The van der Waals surface area contributed by atoms with Gasteiger partial charge in [0, 0.05) is 5.69 Å². The van der Waals surface area contributed by atoms with Crippen molar-refractivity contribution in [2.75, 3.05) is 5.32 Å². The summed E-state index contributed by atoms with van der Waals surface area (Å²) in [5, 5.41) is 9.60. The van der Waals surface area contributed by atoms with E-state index in [0.29, 0.717) is 5.69 Å². The van der Waals surface area contributed by atoms with Gasteiger partial charge in [-0.2, -0.15) is 0 Å². The van der Waals surface area contributed by atoms with Gasteiger partial charge in [-0.25, -0.2) is 4.39 Å².